The van der Waals surface area contributed by atoms with Gasteiger partial charge in [0.15, 0.2) is 0 Å². The number of aliphatic hydroxyl groups excluding tert-OH is 2. The van der Waals surface area contributed by atoms with Crippen LogP contribution in [-0.4, -0.2) is 32.3 Å². The second-order valence-electron chi connectivity index (χ2n) is 5.22. The summed E-state index contributed by atoms with van der Waals surface area (Å²) < 4.78 is 2.41. The predicted octanol–water partition coefficient (Wildman–Crippen LogP) is 0.506. The lowest BCUT2D eigenvalue weighted by Crippen LogP contribution is -2.41. The van der Waals surface area contributed by atoms with Crippen molar-refractivity contribution in [3.63, 3.8) is 0 Å². The van der Waals surface area contributed by atoms with Gasteiger partial charge >= 0.3 is 0 Å². The number of hydrogen-bond acceptors (Lipinski definition) is 4. The maximum absolute atomic E-state index is 12.8. The number of fused-ring (bicyclic) bond motifs is 1. The van der Waals surface area contributed by atoms with E-state index in [1.54, 1.807) is 54.6 Å². The van der Waals surface area contributed by atoms with E-state index < -0.39 is 18.3 Å². The molecule has 0 aliphatic rings. The first-order valence-corrected chi connectivity index (χ1v) is 7.22. The van der Waals surface area contributed by atoms with Crippen molar-refractivity contribution < 1.29 is 10.2 Å². The van der Waals surface area contributed by atoms with E-state index >= 15 is 0 Å². The monoisotopic (exact) mass is 312 g/mol. The van der Waals surface area contributed by atoms with Gasteiger partial charge in [-0.05, 0) is 24.3 Å². The minimum absolute atomic E-state index is 0.176. The number of hydrogen-bond donors (Lipinski definition) is 2. The molecule has 118 valence electrons. The van der Waals surface area contributed by atoms with Crippen LogP contribution >= 0.6 is 0 Å². The maximum Gasteiger partial charge on any atom is 0.278 e. The van der Waals surface area contributed by atoms with Gasteiger partial charge in [0, 0.05) is 0 Å². The summed E-state index contributed by atoms with van der Waals surface area (Å²) in [4.78, 5) is 25.6. The van der Waals surface area contributed by atoms with Crippen molar-refractivity contribution in [1.29, 1.82) is 0 Å². The number of aliphatic hydroxyl groups is 2. The fraction of sp³-hybridized carbons (Fsp3) is 0.176. The molecule has 0 aliphatic heterocycles. The zero-order valence-corrected chi connectivity index (χ0v) is 12.3. The van der Waals surface area contributed by atoms with Crippen LogP contribution < -0.4 is 11.1 Å². The van der Waals surface area contributed by atoms with Crippen LogP contribution in [0.1, 0.15) is 0 Å². The van der Waals surface area contributed by atoms with Crippen molar-refractivity contribution in [2.24, 2.45) is 0 Å². The summed E-state index contributed by atoms with van der Waals surface area (Å²) in [6, 6.07) is 15.3. The van der Waals surface area contributed by atoms with Crippen molar-refractivity contribution in [3.8, 4) is 5.69 Å². The van der Waals surface area contributed by atoms with Crippen LogP contribution in [0.3, 0.4) is 0 Å². The molecule has 2 N–H and O–H groups in total. The number of benzene rings is 2. The first kappa shape index (κ1) is 15.2. The highest BCUT2D eigenvalue weighted by molar-refractivity contribution is 5.80. The molecule has 3 aromatic rings. The molecular weight excluding hydrogens is 296 g/mol. The van der Waals surface area contributed by atoms with Gasteiger partial charge in [-0.15, -0.1) is 0 Å². The minimum atomic E-state index is -1.14. The van der Waals surface area contributed by atoms with Gasteiger partial charge in [0.1, 0.15) is 0 Å². The second-order valence-corrected chi connectivity index (χ2v) is 5.22. The molecule has 0 saturated carbocycles. The van der Waals surface area contributed by atoms with E-state index in [2.05, 4.69) is 0 Å². The molecule has 2 aromatic carbocycles. The van der Waals surface area contributed by atoms with E-state index in [-0.39, 0.29) is 17.5 Å². The fourth-order valence-electron chi connectivity index (χ4n) is 2.56. The molecule has 3 rings (SSSR count). The Morgan fingerprint density at radius 1 is 0.870 bits per heavy atom. The van der Waals surface area contributed by atoms with Crippen LogP contribution in [0.15, 0.2) is 64.2 Å². The number of nitrogens with zero attached hydrogens (tertiary/aromatic N) is 2. The molecule has 1 aromatic heterocycles. The average molecular weight is 312 g/mol. The Balaban J connectivity index is 2.40. The highest BCUT2D eigenvalue weighted by Gasteiger charge is 2.16. The third-order valence-electron chi connectivity index (χ3n) is 3.65. The minimum Gasteiger partial charge on any atom is -0.394 e. The van der Waals surface area contributed by atoms with E-state index in [1.807, 2.05) is 0 Å². The van der Waals surface area contributed by atoms with Gasteiger partial charge in [0.05, 0.1) is 35.7 Å². The third kappa shape index (κ3) is 2.69. The van der Waals surface area contributed by atoms with E-state index in [9.17, 15) is 14.7 Å². The Morgan fingerprint density at radius 2 is 1.43 bits per heavy atom. The molecule has 6 heteroatoms. The van der Waals surface area contributed by atoms with Gasteiger partial charge in [0.2, 0.25) is 0 Å². The van der Waals surface area contributed by atoms with E-state index in [0.717, 1.165) is 0 Å². The van der Waals surface area contributed by atoms with Crippen LogP contribution in [0.4, 0.5) is 0 Å². The van der Waals surface area contributed by atoms with Gasteiger partial charge in [0.25, 0.3) is 11.1 Å². The van der Waals surface area contributed by atoms with Crippen molar-refractivity contribution in [2.45, 2.75) is 12.6 Å². The maximum atomic E-state index is 12.8. The molecule has 1 heterocycles. The second kappa shape index (κ2) is 6.20. The van der Waals surface area contributed by atoms with Gasteiger partial charge in [-0.2, -0.15) is 0 Å². The summed E-state index contributed by atoms with van der Waals surface area (Å²) in [5.74, 6) is 0. The van der Waals surface area contributed by atoms with E-state index in [4.69, 9.17) is 5.11 Å². The summed E-state index contributed by atoms with van der Waals surface area (Å²) in [5.41, 5.74) is -0.224. The first-order valence-electron chi connectivity index (χ1n) is 7.22. The van der Waals surface area contributed by atoms with Crippen molar-refractivity contribution in [3.05, 3.63) is 75.3 Å². The summed E-state index contributed by atoms with van der Waals surface area (Å²) in [7, 11) is 0. The molecule has 0 unspecified atom stereocenters. The molecule has 6 nitrogen and oxygen atoms in total. The topological polar surface area (TPSA) is 84.5 Å². The molecule has 0 radical (unpaired) electrons. The van der Waals surface area contributed by atoms with Crippen molar-refractivity contribution >= 4 is 10.8 Å². The van der Waals surface area contributed by atoms with Gasteiger partial charge in [-0.1, -0.05) is 30.3 Å². The Morgan fingerprint density at radius 3 is 2.04 bits per heavy atom. The highest BCUT2D eigenvalue weighted by Crippen LogP contribution is 2.09. The molecular formula is C17H16N2O4. The van der Waals surface area contributed by atoms with Crippen molar-refractivity contribution in [1.82, 2.24) is 9.36 Å². The summed E-state index contributed by atoms with van der Waals surface area (Å²) in [6.07, 6.45) is -1.14. The molecule has 0 fully saturated rings. The smallest absolute Gasteiger partial charge is 0.278 e. The largest absolute Gasteiger partial charge is 0.394 e. The molecule has 0 amide bonds. The summed E-state index contributed by atoms with van der Waals surface area (Å²) in [5, 5.41) is 19.4. The fourth-order valence-corrected chi connectivity index (χ4v) is 2.56. The Kier molecular flexibility index (Phi) is 4.10. The molecule has 0 spiro atoms. The molecule has 1 atom stereocenters. The first-order chi connectivity index (χ1) is 11.1. The lowest BCUT2D eigenvalue weighted by molar-refractivity contribution is 0.0750. The van der Waals surface area contributed by atoms with E-state index in [0.29, 0.717) is 11.1 Å². The average Bonchev–Trinajstić information content (AvgIpc) is 2.60. The SMILES string of the molecule is O=c1c2ccccc2c(=O)n(-c2ccccc2)n1C[C@H](O)CO. The summed E-state index contributed by atoms with van der Waals surface area (Å²) in [6.45, 7) is -0.674. The Hall–Kier alpha value is -2.70. The Labute approximate surface area is 131 Å². The molecule has 0 saturated heterocycles. The predicted molar refractivity (Wildman–Crippen MR) is 86.9 cm³/mol. The van der Waals surface area contributed by atoms with Gasteiger partial charge in [-0.3, -0.25) is 9.59 Å². The molecule has 0 bridgehead atoms. The van der Waals surface area contributed by atoms with Crippen molar-refractivity contribution in [2.75, 3.05) is 6.61 Å². The normalized spacial score (nSPS) is 12.4. The van der Waals surface area contributed by atoms with Crippen LogP contribution in [0.5, 0.6) is 0 Å². The molecule has 23 heavy (non-hydrogen) atoms. The van der Waals surface area contributed by atoms with Crippen LogP contribution in [0, 0.1) is 0 Å². The van der Waals surface area contributed by atoms with Crippen LogP contribution in [0.2, 0.25) is 0 Å². The van der Waals surface area contributed by atoms with Gasteiger partial charge < -0.3 is 10.2 Å². The molecule has 0 aliphatic carbocycles. The number of rotatable bonds is 4. The zero-order valence-electron chi connectivity index (χ0n) is 12.3. The van der Waals surface area contributed by atoms with Gasteiger partial charge in [-0.25, -0.2) is 9.36 Å². The number of para-hydroxylation sites is 1. The number of aromatic nitrogens is 2. The highest BCUT2D eigenvalue weighted by atomic mass is 16.3. The zero-order chi connectivity index (χ0) is 16.4. The quantitative estimate of drug-likeness (QED) is 0.735. The van der Waals surface area contributed by atoms with E-state index in [1.165, 1.54) is 9.36 Å². The lowest BCUT2D eigenvalue weighted by atomic mass is 10.2. The lowest BCUT2D eigenvalue weighted by Gasteiger charge is -2.18. The standard InChI is InChI=1S/C17H16N2O4/c20-11-13(21)10-18-16(22)14-8-4-5-9-15(14)17(23)19(18)12-6-2-1-3-7-12/h1-9,13,20-21H,10-11H2/t13-/m0/s1. The summed E-state index contributed by atoms with van der Waals surface area (Å²) >= 11 is 0. The van der Waals surface area contributed by atoms with Crippen LogP contribution in [-0.2, 0) is 6.54 Å². The van der Waals surface area contributed by atoms with Crippen LogP contribution in [0.25, 0.3) is 16.5 Å². The Bertz CT molecular complexity index is 944. The third-order valence-corrected chi connectivity index (χ3v) is 3.65.